The summed E-state index contributed by atoms with van der Waals surface area (Å²) in [4.78, 5) is 4.74. The lowest BCUT2D eigenvalue weighted by atomic mass is 9.88. The molecule has 1 N–H and O–H groups in total. The van der Waals surface area contributed by atoms with Gasteiger partial charge in [-0.1, -0.05) is 6.92 Å². The Morgan fingerprint density at radius 1 is 1.20 bits per heavy atom. The third-order valence-corrected chi connectivity index (χ3v) is 3.36. The number of nitrogens with zero attached hydrogens (tertiary/aromatic N) is 2. The zero-order valence-corrected chi connectivity index (χ0v) is 10.8. The molecule has 1 aliphatic heterocycles. The van der Waals surface area contributed by atoms with Gasteiger partial charge in [0, 0.05) is 6.54 Å². The molecule has 0 bridgehead atoms. The third-order valence-electron chi connectivity index (χ3n) is 3.36. The zero-order chi connectivity index (χ0) is 11.3. The summed E-state index contributed by atoms with van der Waals surface area (Å²) in [5.41, 5.74) is 0. The second kappa shape index (κ2) is 6.46. The minimum absolute atomic E-state index is 0.843. The summed E-state index contributed by atoms with van der Waals surface area (Å²) in [7, 11) is 6.53. The molecule has 0 aromatic carbocycles. The van der Waals surface area contributed by atoms with Crippen LogP contribution in [0.4, 0.5) is 0 Å². The molecule has 0 radical (unpaired) electrons. The number of rotatable bonds is 7. The van der Waals surface area contributed by atoms with Gasteiger partial charge < -0.3 is 15.1 Å². The molecule has 1 heterocycles. The average Bonchev–Trinajstić information content (AvgIpc) is 1.98. The standard InChI is InChI=1S/C12H27N3/c1-11(12-8-13-9-12)10-15(4)7-5-6-14(2)3/h11-13H,5-10H2,1-4H3. The summed E-state index contributed by atoms with van der Waals surface area (Å²) in [5.74, 6) is 1.76. The SMILES string of the molecule is CC(CN(C)CCCN(C)C)C1CNC1. The first kappa shape index (κ1) is 12.9. The lowest BCUT2D eigenvalue weighted by Crippen LogP contribution is -2.48. The average molecular weight is 213 g/mol. The van der Waals surface area contributed by atoms with Crippen molar-refractivity contribution in [3.63, 3.8) is 0 Å². The number of hydrogen-bond acceptors (Lipinski definition) is 3. The Morgan fingerprint density at radius 3 is 2.33 bits per heavy atom. The molecule has 1 atom stereocenters. The molecule has 0 aromatic rings. The largest absolute Gasteiger partial charge is 0.316 e. The van der Waals surface area contributed by atoms with Crippen LogP contribution in [0, 0.1) is 11.8 Å². The van der Waals surface area contributed by atoms with Crippen LogP contribution < -0.4 is 5.32 Å². The van der Waals surface area contributed by atoms with Gasteiger partial charge in [-0.2, -0.15) is 0 Å². The normalized spacial score (nSPS) is 19.6. The second-order valence-electron chi connectivity index (χ2n) is 5.31. The topological polar surface area (TPSA) is 18.5 Å². The Bertz CT molecular complexity index is 166. The molecule has 0 spiro atoms. The molecular weight excluding hydrogens is 186 g/mol. The molecule has 1 rings (SSSR count). The smallest absolute Gasteiger partial charge is 0.000758 e. The van der Waals surface area contributed by atoms with Gasteiger partial charge in [-0.25, -0.2) is 0 Å². The fourth-order valence-corrected chi connectivity index (χ4v) is 2.10. The second-order valence-corrected chi connectivity index (χ2v) is 5.31. The van der Waals surface area contributed by atoms with Crippen LogP contribution in [0.3, 0.4) is 0 Å². The van der Waals surface area contributed by atoms with Crippen molar-refractivity contribution < 1.29 is 0 Å². The molecule has 1 fully saturated rings. The van der Waals surface area contributed by atoms with E-state index < -0.39 is 0 Å². The molecule has 3 heteroatoms. The Balaban J connectivity index is 2.03. The lowest BCUT2D eigenvalue weighted by molar-refractivity contribution is 0.182. The quantitative estimate of drug-likeness (QED) is 0.672. The third kappa shape index (κ3) is 4.96. The highest BCUT2D eigenvalue weighted by molar-refractivity contribution is 4.80. The van der Waals surface area contributed by atoms with Crippen molar-refractivity contribution in [1.29, 1.82) is 0 Å². The van der Waals surface area contributed by atoms with Gasteiger partial charge in [0.15, 0.2) is 0 Å². The van der Waals surface area contributed by atoms with Crippen LogP contribution in [0.5, 0.6) is 0 Å². The van der Waals surface area contributed by atoms with Crippen LogP contribution in [0.1, 0.15) is 13.3 Å². The van der Waals surface area contributed by atoms with E-state index >= 15 is 0 Å². The van der Waals surface area contributed by atoms with Crippen molar-refractivity contribution >= 4 is 0 Å². The van der Waals surface area contributed by atoms with Gasteiger partial charge in [-0.3, -0.25) is 0 Å². The van der Waals surface area contributed by atoms with E-state index in [0.29, 0.717) is 0 Å². The van der Waals surface area contributed by atoms with E-state index in [0.717, 1.165) is 11.8 Å². The predicted molar refractivity (Wildman–Crippen MR) is 66.2 cm³/mol. The molecule has 1 unspecified atom stereocenters. The molecule has 0 aliphatic carbocycles. The lowest BCUT2D eigenvalue weighted by Gasteiger charge is -2.34. The maximum absolute atomic E-state index is 3.35. The molecule has 0 amide bonds. The van der Waals surface area contributed by atoms with Crippen LogP contribution in [-0.4, -0.2) is 63.7 Å². The first-order valence-electron chi connectivity index (χ1n) is 6.13. The summed E-state index contributed by atoms with van der Waals surface area (Å²) in [6.07, 6.45) is 1.28. The van der Waals surface area contributed by atoms with E-state index in [9.17, 15) is 0 Å². The minimum atomic E-state index is 0.843. The monoisotopic (exact) mass is 213 g/mol. The Kier molecular flexibility index (Phi) is 5.58. The Morgan fingerprint density at radius 2 is 1.87 bits per heavy atom. The zero-order valence-electron chi connectivity index (χ0n) is 10.8. The number of hydrogen-bond donors (Lipinski definition) is 1. The molecule has 0 saturated carbocycles. The van der Waals surface area contributed by atoms with Gasteiger partial charge in [0.25, 0.3) is 0 Å². The van der Waals surface area contributed by atoms with Crippen LogP contribution >= 0.6 is 0 Å². The Labute approximate surface area is 94.8 Å². The van der Waals surface area contributed by atoms with Crippen LogP contribution in [0.25, 0.3) is 0 Å². The van der Waals surface area contributed by atoms with Gasteiger partial charge in [-0.05, 0) is 65.6 Å². The molecule has 15 heavy (non-hydrogen) atoms. The van der Waals surface area contributed by atoms with Crippen LogP contribution in [0.2, 0.25) is 0 Å². The maximum atomic E-state index is 3.35. The van der Waals surface area contributed by atoms with Crippen molar-refractivity contribution in [2.24, 2.45) is 11.8 Å². The van der Waals surface area contributed by atoms with Crippen LogP contribution in [-0.2, 0) is 0 Å². The maximum Gasteiger partial charge on any atom is 0.000758 e. The van der Waals surface area contributed by atoms with Crippen LogP contribution in [0.15, 0.2) is 0 Å². The van der Waals surface area contributed by atoms with Gasteiger partial charge >= 0.3 is 0 Å². The molecule has 3 nitrogen and oxygen atoms in total. The predicted octanol–water partition coefficient (Wildman–Crippen LogP) is 0.725. The van der Waals surface area contributed by atoms with Gasteiger partial charge in [0.05, 0.1) is 0 Å². The summed E-state index contributed by atoms with van der Waals surface area (Å²) in [6, 6.07) is 0. The van der Waals surface area contributed by atoms with Crippen molar-refractivity contribution in [3.05, 3.63) is 0 Å². The molecule has 90 valence electrons. The number of nitrogens with one attached hydrogen (secondary N) is 1. The summed E-state index contributed by atoms with van der Waals surface area (Å²) in [5, 5.41) is 3.35. The highest BCUT2D eigenvalue weighted by Crippen LogP contribution is 2.16. The van der Waals surface area contributed by atoms with Gasteiger partial charge in [0.1, 0.15) is 0 Å². The fourth-order valence-electron chi connectivity index (χ4n) is 2.10. The molecule has 0 aromatic heterocycles. The van der Waals surface area contributed by atoms with Crippen molar-refractivity contribution in [2.45, 2.75) is 13.3 Å². The molecule has 1 aliphatic rings. The van der Waals surface area contributed by atoms with E-state index in [1.54, 1.807) is 0 Å². The van der Waals surface area contributed by atoms with Crippen molar-refractivity contribution in [1.82, 2.24) is 15.1 Å². The van der Waals surface area contributed by atoms with E-state index in [1.807, 2.05) is 0 Å². The summed E-state index contributed by atoms with van der Waals surface area (Å²) in [6.45, 7) is 8.51. The van der Waals surface area contributed by atoms with E-state index in [-0.39, 0.29) is 0 Å². The summed E-state index contributed by atoms with van der Waals surface area (Å²) < 4.78 is 0. The minimum Gasteiger partial charge on any atom is -0.316 e. The summed E-state index contributed by atoms with van der Waals surface area (Å²) >= 11 is 0. The molecule has 1 saturated heterocycles. The highest BCUT2D eigenvalue weighted by Gasteiger charge is 2.23. The van der Waals surface area contributed by atoms with Crippen molar-refractivity contribution in [3.8, 4) is 0 Å². The Hall–Kier alpha value is -0.120. The first-order valence-corrected chi connectivity index (χ1v) is 6.13. The molecular formula is C12H27N3. The highest BCUT2D eigenvalue weighted by atomic mass is 15.1. The first-order chi connectivity index (χ1) is 7.09. The fraction of sp³-hybridized carbons (Fsp3) is 1.00. The van der Waals surface area contributed by atoms with Gasteiger partial charge in [-0.15, -0.1) is 0 Å². The van der Waals surface area contributed by atoms with E-state index in [4.69, 9.17) is 0 Å². The van der Waals surface area contributed by atoms with E-state index in [1.165, 1.54) is 39.1 Å². The van der Waals surface area contributed by atoms with Crippen molar-refractivity contribution in [2.75, 3.05) is 53.9 Å². The van der Waals surface area contributed by atoms with Gasteiger partial charge in [0.2, 0.25) is 0 Å². The van der Waals surface area contributed by atoms with E-state index in [2.05, 4.69) is 43.2 Å².